The van der Waals surface area contributed by atoms with E-state index in [2.05, 4.69) is 17.3 Å². The van der Waals surface area contributed by atoms with Crippen LogP contribution in [0.4, 0.5) is 0 Å². The van der Waals surface area contributed by atoms with Crippen molar-refractivity contribution in [2.45, 2.75) is 52.1 Å². The van der Waals surface area contributed by atoms with Crippen LogP contribution in [0.3, 0.4) is 0 Å². The number of rotatable bonds is 5. The molecule has 17 heavy (non-hydrogen) atoms. The van der Waals surface area contributed by atoms with Crippen LogP contribution < -0.4 is 5.32 Å². The largest absolute Gasteiger partial charge is 0.314 e. The summed E-state index contributed by atoms with van der Waals surface area (Å²) in [7, 11) is 0. The van der Waals surface area contributed by atoms with Crippen molar-refractivity contribution in [3.63, 3.8) is 0 Å². The SMILES string of the molecule is CCn1nc(C)cc1CC(=O)CC1CCCN1. The number of carbonyl (C=O) groups is 1. The van der Waals surface area contributed by atoms with Crippen molar-refractivity contribution in [1.82, 2.24) is 15.1 Å². The summed E-state index contributed by atoms with van der Waals surface area (Å²) in [5, 5.41) is 7.73. The monoisotopic (exact) mass is 235 g/mol. The molecule has 1 aromatic heterocycles. The lowest BCUT2D eigenvalue weighted by Gasteiger charge is -2.09. The lowest BCUT2D eigenvalue weighted by molar-refractivity contribution is -0.118. The van der Waals surface area contributed by atoms with Crippen LogP contribution >= 0.6 is 0 Å². The molecule has 1 aliphatic rings. The Hall–Kier alpha value is -1.16. The van der Waals surface area contributed by atoms with E-state index in [0.717, 1.165) is 30.9 Å². The molecular formula is C13H21N3O. The third-order valence-corrected chi connectivity index (χ3v) is 3.30. The average Bonchev–Trinajstić information content (AvgIpc) is 2.88. The highest BCUT2D eigenvalue weighted by Gasteiger charge is 2.18. The van der Waals surface area contributed by atoms with Crippen molar-refractivity contribution in [1.29, 1.82) is 0 Å². The summed E-state index contributed by atoms with van der Waals surface area (Å²) in [4.78, 5) is 12.0. The number of nitrogens with zero attached hydrogens (tertiary/aromatic N) is 2. The van der Waals surface area contributed by atoms with E-state index in [9.17, 15) is 4.79 Å². The maximum atomic E-state index is 12.0. The molecule has 0 bridgehead atoms. The van der Waals surface area contributed by atoms with Crippen LogP contribution in [0.2, 0.25) is 0 Å². The second-order valence-corrected chi connectivity index (χ2v) is 4.81. The molecular weight excluding hydrogens is 214 g/mol. The van der Waals surface area contributed by atoms with Gasteiger partial charge in [0.2, 0.25) is 0 Å². The minimum absolute atomic E-state index is 0.319. The van der Waals surface area contributed by atoms with Crippen molar-refractivity contribution >= 4 is 5.78 Å². The van der Waals surface area contributed by atoms with E-state index in [4.69, 9.17) is 0 Å². The molecule has 1 N–H and O–H groups in total. The molecule has 1 fully saturated rings. The minimum Gasteiger partial charge on any atom is -0.314 e. The maximum absolute atomic E-state index is 12.0. The minimum atomic E-state index is 0.319. The second-order valence-electron chi connectivity index (χ2n) is 4.81. The summed E-state index contributed by atoms with van der Waals surface area (Å²) in [5.74, 6) is 0.319. The first-order chi connectivity index (χ1) is 8.19. The number of Topliss-reactive ketones (excluding diaryl/α,β-unsaturated/α-hetero) is 1. The van der Waals surface area contributed by atoms with Crippen LogP contribution in [-0.2, 0) is 17.8 Å². The van der Waals surface area contributed by atoms with E-state index in [0.29, 0.717) is 24.7 Å². The van der Waals surface area contributed by atoms with Gasteiger partial charge >= 0.3 is 0 Å². The first kappa shape index (κ1) is 12.3. The van der Waals surface area contributed by atoms with Crippen LogP contribution in [0.15, 0.2) is 6.07 Å². The topological polar surface area (TPSA) is 46.9 Å². The molecule has 0 aromatic carbocycles. The number of nitrogens with one attached hydrogen (secondary N) is 1. The molecule has 1 atom stereocenters. The summed E-state index contributed by atoms with van der Waals surface area (Å²) in [6.07, 6.45) is 3.52. The molecule has 0 amide bonds. The molecule has 94 valence electrons. The fourth-order valence-electron chi connectivity index (χ4n) is 2.50. The average molecular weight is 235 g/mol. The van der Waals surface area contributed by atoms with E-state index in [1.165, 1.54) is 6.42 Å². The van der Waals surface area contributed by atoms with Gasteiger partial charge in [-0.1, -0.05) is 0 Å². The molecule has 1 aliphatic heterocycles. The maximum Gasteiger partial charge on any atom is 0.140 e. The Morgan fingerprint density at radius 2 is 2.47 bits per heavy atom. The van der Waals surface area contributed by atoms with Crippen molar-refractivity contribution < 1.29 is 4.79 Å². The van der Waals surface area contributed by atoms with Gasteiger partial charge in [-0.05, 0) is 39.3 Å². The zero-order chi connectivity index (χ0) is 12.3. The van der Waals surface area contributed by atoms with Gasteiger partial charge in [-0.3, -0.25) is 9.48 Å². The predicted octanol–water partition coefficient (Wildman–Crippen LogP) is 1.47. The highest BCUT2D eigenvalue weighted by atomic mass is 16.1. The van der Waals surface area contributed by atoms with Gasteiger partial charge in [0.05, 0.1) is 5.69 Å². The fourth-order valence-corrected chi connectivity index (χ4v) is 2.50. The Labute approximate surface area is 102 Å². The van der Waals surface area contributed by atoms with Gasteiger partial charge in [-0.15, -0.1) is 0 Å². The highest BCUT2D eigenvalue weighted by molar-refractivity contribution is 5.81. The Morgan fingerprint density at radius 3 is 3.12 bits per heavy atom. The summed E-state index contributed by atoms with van der Waals surface area (Å²) >= 11 is 0. The molecule has 0 saturated carbocycles. The van der Waals surface area contributed by atoms with Gasteiger partial charge in [0.15, 0.2) is 0 Å². The van der Waals surface area contributed by atoms with E-state index >= 15 is 0 Å². The van der Waals surface area contributed by atoms with Crippen molar-refractivity contribution in [2.24, 2.45) is 0 Å². The zero-order valence-corrected chi connectivity index (χ0v) is 10.7. The molecule has 0 radical (unpaired) electrons. The first-order valence-electron chi connectivity index (χ1n) is 6.47. The lowest BCUT2D eigenvalue weighted by atomic mass is 10.1. The summed E-state index contributed by atoms with van der Waals surface area (Å²) in [6.45, 7) is 5.92. The van der Waals surface area contributed by atoms with Crippen LogP contribution in [0, 0.1) is 6.92 Å². The van der Waals surface area contributed by atoms with Gasteiger partial charge in [0.1, 0.15) is 5.78 Å². The van der Waals surface area contributed by atoms with E-state index in [1.807, 2.05) is 17.7 Å². The van der Waals surface area contributed by atoms with Crippen molar-refractivity contribution in [3.8, 4) is 0 Å². The summed E-state index contributed by atoms with van der Waals surface area (Å²) in [5.41, 5.74) is 2.04. The number of aromatic nitrogens is 2. The van der Waals surface area contributed by atoms with Gasteiger partial charge < -0.3 is 5.32 Å². The smallest absolute Gasteiger partial charge is 0.140 e. The van der Waals surface area contributed by atoms with Crippen LogP contribution in [-0.4, -0.2) is 28.2 Å². The molecule has 1 aromatic rings. The van der Waals surface area contributed by atoms with E-state index in [1.54, 1.807) is 0 Å². The van der Waals surface area contributed by atoms with E-state index < -0.39 is 0 Å². The van der Waals surface area contributed by atoms with Gasteiger partial charge in [-0.25, -0.2) is 0 Å². The van der Waals surface area contributed by atoms with Crippen molar-refractivity contribution in [3.05, 3.63) is 17.5 Å². The van der Waals surface area contributed by atoms with Crippen LogP contribution in [0.5, 0.6) is 0 Å². The standard InChI is InChI=1S/C13H21N3O/c1-3-16-12(7-10(2)15-16)9-13(17)8-11-5-4-6-14-11/h7,11,14H,3-6,8-9H2,1-2H3. The van der Waals surface area contributed by atoms with Crippen LogP contribution in [0.1, 0.15) is 37.6 Å². The third kappa shape index (κ3) is 3.16. The molecule has 0 spiro atoms. The lowest BCUT2D eigenvalue weighted by Crippen LogP contribution is -2.25. The van der Waals surface area contributed by atoms with Gasteiger partial charge in [-0.2, -0.15) is 5.10 Å². The molecule has 0 aliphatic carbocycles. The number of carbonyl (C=O) groups excluding carboxylic acids is 1. The molecule has 2 heterocycles. The second kappa shape index (κ2) is 5.45. The van der Waals surface area contributed by atoms with Crippen LogP contribution in [0.25, 0.3) is 0 Å². The first-order valence-corrected chi connectivity index (χ1v) is 6.47. The highest BCUT2D eigenvalue weighted by Crippen LogP contribution is 2.12. The molecule has 2 rings (SSSR count). The normalized spacial score (nSPS) is 19.8. The Morgan fingerprint density at radius 1 is 1.65 bits per heavy atom. The zero-order valence-electron chi connectivity index (χ0n) is 10.7. The Kier molecular flexibility index (Phi) is 3.94. The molecule has 4 heteroatoms. The van der Waals surface area contributed by atoms with Gasteiger partial charge in [0.25, 0.3) is 0 Å². The number of ketones is 1. The Balaban J connectivity index is 1.92. The number of hydrogen-bond acceptors (Lipinski definition) is 3. The third-order valence-electron chi connectivity index (χ3n) is 3.30. The quantitative estimate of drug-likeness (QED) is 0.840. The molecule has 1 saturated heterocycles. The van der Waals surface area contributed by atoms with Crippen molar-refractivity contribution in [2.75, 3.05) is 6.54 Å². The number of hydrogen-bond donors (Lipinski definition) is 1. The predicted molar refractivity (Wildman–Crippen MR) is 67.0 cm³/mol. The summed E-state index contributed by atoms with van der Waals surface area (Å²) < 4.78 is 1.93. The Bertz CT molecular complexity index is 391. The fraction of sp³-hybridized carbons (Fsp3) is 0.692. The number of aryl methyl sites for hydroxylation is 2. The van der Waals surface area contributed by atoms with Gasteiger partial charge in [0, 0.05) is 31.1 Å². The molecule has 1 unspecified atom stereocenters. The molecule has 4 nitrogen and oxygen atoms in total. The van der Waals surface area contributed by atoms with E-state index in [-0.39, 0.29) is 0 Å². The summed E-state index contributed by atoms with van der Waals surface area (Å²) in [6, 6.07) is 2.42.